The minimum Gasteiger partial charge on any atom is -0.322 e. The molecule has 0 bridgehead atoms. The Morgan fingerprint density at radius 3 is 2.41 bits per heavy atom. The molecule has 0 saturated carbocycles. The third-order valence-corrected chi connectivity index (χ3v) is 7.43. The summed E-state index contributed by atoms with van der Waals surface area (Å²) >= 11 is 0. The number of anilines is 1. The number of amides is 1. The molecule has 2 N–H and O–H groups in total. The van der Waals surface area contributed by atoms with Crippen LogP contribution in [0.4, 0.5) is 18.9 Å². The van der Waals surface area contributed by atoms with Gasteiger partial charge in [-0.05, 0) is 77.6 Å². The van der Waals surface area contributed by atoms with Crippen LogP contribution in [0.15, 0.2) is 96.2 Å². The smallest absolute Gasteiger partial charge is 0.322 e. The SMILES string of the molecule is O=C(Nc1ccc2c(c1)CC(NS(=O)c1cccnc1)C2)c1ccccc1-c1ccc(C(F)(F)F)cc1. The van der Waals surface area contributed by atoms with E-state index in [2.05, 4.69) is 15.0 Å². The molecule has 0 aliphatic heterocycles. The van der Waals surface area contributed by atoms with E-state index in [9.17, 15) is 22.2 Å². The Morgan fingerprint density at radius 1 is 0.919 bits per heavy atom. The number of fused-ring (bicyclic) bond motifs is 1. The van der Waals surface area contributed by atoms with Crippen LogP contribution in [0.5, 0.6) is 0 Å². The van der Waals surface area contributed by atoms with Crippen LogP contribution in [0.1, 0.15) is 27.0 Å². The van der Waals surface area contributed by atoms with Gasteiger partial charge in [-0.1, -0.05) is 36.4 Å². The lowest BCUT2D eigenvalue weighted by molar-refractivity contribution is -0.137. The molecule has 0 saturated heterocycles. The standard InChI is InChI=1S/C28H22F3N3O2S/c29-28(30,31)21-10-7-18(8-11-21)25-5-1-2-6-26(25)27(35)33-22-12-9-19-14-23(16-20(19)15-22)34-37(36)24-4-3-13-32-17-24/h1-13,15,17,23,34H,14,16H2,(H,33,35). The highest BCUT2D eigenvalue weighted by atomic mass is 32.2. The Bertz CT molecular complexity index is 1460. The van der Waals surface area contributed by atoms with Crippen molar-refractivity contribution in [1.29, 1.82) is 0 Å². The zero-order valence-corrected chi connectivity index (χ0v) is 20.3. The number of hydrogen-bond acceptors (Lipinski definition) is 3. The molecule has 9 heteroatoms. The van der Waals surface area contributed by atoms with Crippen LogP contribution in [-0.2, 0) is 30.0 Å². The molecule has 2 unspecified atom stereocenters. The van der Waals surface area contributed by atoms with Gasteiger partial charge in [0.25, 0.3) is 5.91 Å². The second-order valence-corrected chi connectivity index (χ2v) is 9.98. The Hall–Kier alpha value is -3.82. The van der Waals surface area contributed by atoms with Crippen molar-refractivity contribution in [3.05, 3.63) is 114 Å². The second kappa shape index (κ2) is 10.3. The van der Waals surface area contributed by atoms with E-state index in [1.54, 1.807) is 48.8 Å². The minimum atomic E-state index is -4.43. The summed E-state index contributed by atoms with van der Waals surface area (Å²) in [6.07, 6.45) is 0.149. The first kappa shape index (κ1) is 24.9. The first-order valence-corrected chi connectivity index (χ1v) is 12.7. The number of benzene rings is 3. The van der Waals surface area contributed by atoms with E-state index in [4.69, 9.17) is 0 Å². The highest BCUT2D eigenvalue weighted by Crippen LogP contribution is 2.32. The van der Waals surface area contributed by atoms with Gasteiger partial charge in [0.15, 0.2) is 0 Å². The van der Waals surface area contributed by atoms with Crippen LogP contribution in [0.25, 0.3) is 11.1 Å². The fourth-order valence-corrected chi connectivity index (χ4v) is 5.39. The van der Waals surface area contributed by atoms with E-state index in [0.717, 1.165) is 23.3 Å². The van der Waals surface area contributed by atoms with E-state index in [1.165, 1.54) is 12.1 Å². The molecular formula is C28H22F3N3O2S. The van der Waals surface area contributed by atoms with Gasteiger partial charge in [0, 0.05) is 29.7 Å². The molecule has 2 atom stereocenters. The van der Waals surface area contributed by atoms with Gasteiger partial charge in [-0.2, -0.15) is 13.2 Å². The fraction of sp³-hybridized carbons (Fsp3) is 0.143. The van der Waals surface area contributed by atoms with Crippen LogP contribution < -0.4 is 10.0 Å². The predicted molar refractivity (Wildman–Crippen MR) is 136 cm³/mol. The number of pyridine rings is 1. The number of nitrogens with one attached hydrogen (secondary N) is 2. The van der Waals surface area contributed by atoms with Crippen molar-refractivity contribution in [2.24, 2.45) is 0 Å². The summed E-state index contributed by atoms with van der Waals surface area (Å²) in [6, 6.07) is 20.7. The zero-order valence-electron chi connectivity index (χ0n) is 19.5. The van der Waals surface area contributed by atoms with Crippen molar-refractivity contribution in [2.45, 2.75) is 30.0 Å². The molecule has 0 fully saturated rings. The fourth-order valence-electron chi connectivity index (χ4n) is 4.43. The Balaban J connectivity index is 1.29. The molecule has 3 aromatic carbocycles. The number of rotatable bonds is 6. The molecular weight excluding hydrogens is 499 g/mol. The molecule has 0 radical (unpaired) electrons. The van der Waals surface area contributed by atoms with Gasteiger partial charge in [0.1, 0.15) is 11.0 Å². The highest BCUT2D eigenvalue weighted by molar-refractivity contribution is 7.83. The summed E-state index contributed by atoms with van der Waals surface area (Å²) in [5.41, 5.74) is 3.45. The number of aromatic nitrogens is 1. The second-order valence-electron chi connectivity index (χ2n) is 8.74. The van der Waals surface area contributed by atoms with E-state index in [0.29, 0.717) is 40.1 Å². The summed E-state index contributed by atoms with van der Waals surface area (Å²) in [4.78, 5) is 17.8. The molecule has 1 heterocycles. The molecule has 188 valence electrons. The topological polar surface area (TPSA) is 71.1 Å². The quantitative estimate of drug-likeness (QED) is 0.337. The van der Waals surface area contributed by atoms with Gasteiger partial charge in [-0.25, -0.2) is 8.93 Å². The van der Waals surface area contributed by atoms with Crippen molar-refractivity contribution in [3.63, 3.8) is 0 Å². The highest BCUT2D eigenvalue weighted by Gasteiger charge is 2.30. The summed E-state index contributed by atoms with van der Waals surface area (Å²) in [5, 5.41) is 2.91. The number of carbonyl (C=O) groups excluding carboxylic acids is 1. The summed E-state index contributed by atoms with van der Waals surface area (Å²) in [5.74, 6) is -0.360. The maximum atomic E-state index is 13.2. The van der Waals surface area contributed by atoms with Gasteiger partial charge < -0.3 is 5.32 Å². The Morgan fingerprint density at radius 2 is 1.68 bits per heavy atom. The lowest BCUT2D eigenvalue weighted by Crippen LogP contribution is -2.31. The van der Waals surface area contributed by atoms with Crippen LogP contribution in [0.2, 0.25) is 0 Å². The molecule has 5 nitrogen and oxygen atoms in total. The van der Waals surface area contributed by atoms with Gasteiger partial charge >= 0.3 is 6.18 Å². The molecule has 0 spiro atoms. The van der Waals surface area contributed by atoms with Crippen molar-refractivity contribution < 1.29 is 22.2 Å². The van der Waals surface area contributed by atoms with Crippen molar-refractivity contribution in [2.75, 3.05) is 5.32 Å². The predicted octanol–water partition coefficient (Wildman–Crippen LogP) is 5.80. The van der Waals surface area contributed by atoms with E-state index >= 15 is 0 Å². The van der Waals surface area contributed by atoms with Crippen molar-refractivity contribution in [3.8, 4) is 11.1 Å². The molecule has 1 aromatic heterocycles. The molecule has 1 aliphatic carbocycles. The minimum absolute atomic E-state index is 0.0117. The van der Waals surface area contributed by atoms with Gasteiger partial charge in [0.2, 0.25) is 0 Å². The van der Waals surface area contributed by atoms with Crippen LogP contribution in [-0.4, -0.2) is 21.1 Å². The van der Waals surface area contributed by atoms with Crippen LogP contribution in [0.3, 0.4) is 0 Å². The molecule has 1 aliphatic rings. The average molecular weight is 522 g/mol. The maximum absolute atomic E-state index is 13.2. The Kier molecular flexibility index (Phi) is 6.90. The summed E-state index contributed by atoms with van der Waals surface area (Å²) in [6.45, 7) is 0. The van der Waals surface area contributed by atoms with Gasteiger partial charge in [0.05, 0.1) is 10.5 Å². The maximum Gasteiger partial charge on any atom is 0.416 e. The molecule has 5 rings (SSSR count). The third-order valence-electron chi connectivity index (χ3n) is 6.21. The first-order chi connectivity index (χ1) is 17.8. The molecule has 4 aromatic rings. The zero-order chi connectivity index (χ0) is 26.0. The molecule has 1 amide bonds. The van der Waals surface area contributed by atoms with Gasteiger partial charge in [-0.3, -0.25) is 9.78 Å². The average Bonchev–Trinajstić information content (AvgIpc) is 3.30. The van der Waals surface area contributed by atoms with Crippen LogP contribution >= 0.6 is 0 Å². The largest absolute Gasteiger partial charge is 0.416 e. The normalized spacial score (nSPS) is 15.7. The lowest BCUT2D eigenvalue weighted by atomic mass is 9.98. The Labute approximate surface area is 214 Å². The van der Waals surface area contributed by atoms with E-state index in [1.807, 2.05) is 18.2 Å². The third kappa shape index (κ3) is 5.63. The van der Waals surface area contributed by atoms with Gasteiger partial charge in [-0.15, -0.1) is 0 Å². The van der Waals surface area contributed by atoms with Crippen molar-refractivity contribution in [1.82, 2.24) is 9.71 Å². The number of alkyl halides is 3. The number of halogens is 3. The summed E-state index contributed by atoms with van der Waals surface area (Å²) < 4.78 is 54.6. The first-order valence-electron chi connectivity index (χ1n) is 11.6. The lowest BCUT2D eigenvalue weighted by Gasteiger charge is -2.12. The number of hydrogen-bond donors (Lipinski definition) is 2. The molecule has 37 heavy (non-hydrogen) atoms. The summed E-state index contributed by atoms with van der Waals surface area (Å²) in [7, 11) is -1.37. The van der Waals surface area contributed by atoms with E-state index in [-0.39, 0.29) is 11.9 Å². The number of nitrogens with zero attached hydrogens (tertiary/aromatic N) is 1. The van der Waals surface area contributed by atoms with E-state index < -0.39 is 22.7 Å². The number of carbonyl (C=O) groups is 1. The monoisotopic (exact) mass is 521 g/mol. The van der Waals surface area contributed by atoms with Crippen LogP contribution in [0, 0.1) is 0 Å². The van der Waals surface area contributed by atoms with Crippen molar-refractivity contribution >= 4 is 22.6 Å².